The molecule has 0 aromatic heterocycles. The van der Waals surface area contributed by atoms with E-state index in [1.54, 1.807) is 25.1 Å². The Hall–Kier alpha value is -0.950. The summed E-state index contributed by atoms with van der Waals surface area (Å²) in [4.78, 5) is 0.197. The molecule has 0 saturated heterocycles. The van der Waals surface area contributed by atoms with E-state index in [-0.39, 0.29) is 24.1 Å². The predicted molar refractivity (Wildman–Crippen MR) is 65.9 cm³/mol. The number of sulfonamides is 1. The van der Waals surface area contributed by atoms with Gasteiger partial charge in [-0.2, -0.15) is 4.31 Å². The van der Waals surface area contributed by atoms with Crippen LogP contribution in [0.3, 0.4) is 0 Å². The molecule has 0 amide bonds. The van der Waals surface area contributed by atoms with E-state index < -0.39 is 10.0 Å². The molecule has 0 aliphatic rings. The van der Waals surface area contributed by atoms with Crippen LogP contribution in [0.1, 0.15) is 18.5 Å². The fourth-order valence-corrected chi connectivity index (χ4v) is 2.62. The van der Waals surface area contributed by atoms with Crippen molar-refractivity contribution in [2.75, 3.05) is 20.2 Å². The van der Waals surface area contributed by atoms with Crippen LogP contribution in [0.4, 0.5) is 0 Å². The predicted octanol–water partition coefficient (Wildman–Crippen LogP) is 0.319. The Kier molecular flexibility index (Phi) is 4.64. The van der Waals surface area contributed by atoms with Gasteiger partial charge in [-0.25, -0.2) is 8.42 Å². The highest BCUT2D eigenvalue weighted by Gasteiger charge is 2.20. The highest BCUT2D eigenvalue weighted by atomic mass is 32.2. The van der Waals surface area contributed by atoms with Gasteiger partial charge in [-0.3, -0.25) is 0 Å². The molecule has 0 aliphatic carbocycles. The van der Waals surface area contributed by atoms with Crippen LogP contribution in [0, 0.1) is 0 Å². The molecule has 1 rings (SSSR count). The molecule has 0 heterocycles. The molecule has 0 aliphatic heterocycles. The van der Waals surface area contributed by atoms with Crippen LogP contribution in [-0.4, -0.2) is 38.0 Å². The molecule has 5 nitrogen and oxygen atoms in total. The van der Waals surface area contributed by atoms with Crippen LogP contribution in [0.5, 0.6) is 0 Å². The first-order valence-corrected chi connectivity index (χ1v) is 6.76. The Labute approximate surface area is 102 Å². The molecule has 6 heteroatoms. The normalized spacial score (nSPS) is 13.9. The van der Waals surface area contributed by atoms with E-state index >= 15 is 0 Å². The average molecular weight is 258 g/mol. The maximum absolute atomic E-state index is 12.1. The van der Waals surface area contributed by atoms with Crippen molar-refractivity contribution in [3.8, 4) is 0 Å². The van der Waals surface area contributed by atoms with Gasteiger partial charge in [0.1, 0.15) is 0 Å². The summed E-state index contributed by atoms with van der Waals surface area (Å²) in [6.45, 7) is 1.66. The highest BCUT2D eigenvalue weighted by Crippen LogP contribution is 2.18. The Bertz CT molecular complexity index is 471. The van der Waals surface area contributed by atoms with Crippen molar-refractivity contribution in [2.24, 2.45) is 5.73 Å². The van der Waals surface area contributed by atoms with Gasteiger partial charge in [0.25, 0.3) is 0 Å². The van der Waals surface area contributed by atoms with E-state index in [2.05, 4.69) is 0 Å². The molecule has 1 aromatic rings. The summed E-state index contributed by atoms with van der Waals surface area (Å²) < 4.78 is 25.3. The lowest BCUT2D eigenvalue weighted by Crippen LogP contribution is -2.29. The van der Waals surface area contributed by atoms with E-state index in [4.69, 9.17) is 10.8 Å². The molecular weight excluding hydrogens is 240 g/mol. The monoisotopic (exact) mass is 258 g/mol. The number of nitrogens with two attached hydrogens (primary N) is 1. The zero-order valence-electron chi connectivity index (χ0n) is 10.00. The van der Waals surface area contributed by atoms with Crippen LogP contribution in [-0.2, 0) is 10.0 Å². The third kappa shape index (κ3) is 3.26. The Morgan fingerprint density at radius 2 is 2.12 bits per heavy atom. The van der Waals surface area contributed by atoms with Crippen molar-refractivity contribution in [3.63, 3.8) is 0 Å². The van der Waals surface area contributed by atoms with Crippen molar-refractivity contribution in [2.45, 2.75) is 17.9 Å². The van der Waals surface area contributed by atoms with E-state index in [1.807, 2.05) is 0 Å². The summed E-state index contributed by atoms with van der Waals surface area (Å²) in [6.07, 6.45) is 0. The summed E-state index contributed by atoms with van der Waals surface area (Å²) in [6, 6.07) is 6.32. The highest BCUT2D eigenvalue weighted by molar-refractivity contribution is 7.89. The molecule has 0 bridgehead atoms. The maximum Gasteiger partial charge on any atom is 0.242 e. The van der Waals surface area contributed by atoms with E-state index in [1.165, 1.54) is 13.1 Å². The molecule has 17 heavy (non-hydrogen) atoms. The van der Waals surface area contributed by atoms with Gasteiger partial charge in [0.15, 0.2) is 0 Å². The second kappa shape index (κ2) is 5.59. The van der Waals surface area contributed by atoms with Crippen molar-refractivity contribution in [1.82, 2.24) is 4.31 Å². The van der Waals surface area contributed by atoms with Crippen molar-refractivity contribution < 1.29 is 13.5 Å². The van der Waals surface area contributed by atoms with Crippen molar-refractivity contribution >= 4 is 10.0 Å². The second-order valence-corrected chi connectivity index (χ2v) is 5.96. The lowest BCUT2D eigenvalue weighted by molar-refractivity contribution is 0.266. The Morgan fingerprint density at radius 3 is 2.65 bits per heavy atom. The molecule has 1 unspecified atom stereocenters. The van der Waals surface area contributed by atoms with Crippen LogP contribution in [0.2, 0.25) is 0 Å². The van der Waals surface area contributed by atoms with Gasteiger partial charge >= 0.3 is 0 Å². The summed E-state index contributed by atoms with van der Waals surface area (Å²) in [7, 11) is -2.10. The van der Waals surface area contributed by atoms with Gasteiger partial charge in [0.05, 0.1) is 11.5 Å². The van der Waals surface area contributed by atoms with E-state index in [0.29, 0.717) is 0 Å². The number of aliphatic hydroxyl groups is 1. The number of nitrogens with zero attached hydrogens (tertiary/aromatic N) is 1. The van der Waals surface area contributed by atoms with Crippen LogP contribution >= 0.6 is 0 Å². The van der Waals surface area contributed by atoms with Crippen LogP contribution in [0.25, 0.3) is 0 Å². The number of likely N-dealkylation sites (N-methyl/N-ethyl adjacent to an activating group) is 1. The first-order valence-electron chi connectivity index (χ1n) is 5.32. The molecule has 3 N–H and O–H groups in total. The van der Waals surface area contributed by atoms with Gasteiger partial charge in [0.2, 0.25) is 10.0 Å². The number of aliphatic hydroxyl groups excluding tert-OH is 1. The van der Waals surface area contributed by atoms with Crippen molar-refractivity contribution in [3.05, 3.63) is 29.8 Å². The average Bonchev–Trinajstić information content (AvgIpc) is 2.29. The number of benzene rings is 1. The second-order valence-electron chi connectivity index (χ2n) is 3.91. The zero-order chi connectivity index (χ0) is 13.1. The molecule has 0 fully saturated rings. The van der Waals surface area contributed by atoms with Gasteiger partial charge in [-0.1, -0.05) is 12.1 Å². The Morgan fingerprint density at radius 1 is 1.47 bits per heavy atom. The number of rotatable bonds is 5. The molecule has 0 saturated carbocycles. The minimum atomic E-state index is -3.54. The number of hydrogen-bond acceptors (Lipinski definition) is 4. The van der Waals surface area contributed by atoms with E-state index in [9.17, 15) is 8.42 Å². The van der Waals surface area contributed by atoms with Gasteiger partial charge in [-0.15, -0.1) is 0 Å². The summed E-state index contributed by atoms with van der Waals surface area (Å²) in [5.74, 6) is 0. The lowest BCUT2D eigenvalue weighted by Gasteiger charge is -2.16. The lowest BCUT2D eigenvalue weighted by atomic mass is 10.1. The van der Waals surface area contributed by atoms with Crippen LogP contribution < -0.4 is 5.73 Å². The fourth-order valence-electron chi connectivity index (χ4n) is 1.40. The largest absolute Gasteiger partial charge is 0.395 e. The fraction of sp³-hybridized carbons (Fsp3) is 0.455. The molecule has 1 atom stereocenters. The van der Waals surface area contributed by atoms with Gasteiger partial charge < -0.3 is 10.8 Å². The topological polar surface area (TPSA) is 83.6 Å². The maximum atomic E-state index is 12.1. The molecule has 0 radical (unpaired) electrons. The third-order valence-corrected chi connectivity index (χ3v) is 4.36. The third-order valence-electron chi connectivity index (χ3n) is 2.51. The molecule has 96 valence electrons. The Balaban J connectivity index is 3.11. The summed E-state index contributed by atoms with van der Waals surface area (Å²) >= 11 is 0. The van der Waals surface area contributed by atoms with E-state index in [0.717, 1.165) is 9.87 Å². The zero-order valence-corrected chi connectivity index (χ0v) is 10.8. The summed E-state index contributed by atoms with van der Waals surface area (Å²) in [5.41, 5.74) is 6.48. The van der Waals surface area contributed by atoms with Crippen molar-refractivity contribution in [1.29, 1.82) is 0 Å². The quantitative estimate of drug-likeness (QED) is 0.796. The van der Waals surface area contributed by atoms with Crippen LogP contribution in [0.15, 0.2) is 29.2 Å². The van der Waals surface area contributed by atoms with Gasteiger partial charge in [0, 0.05) is 19.6 Å². The minimum Gasteiger partial charge on any atom is -0.395 e. The smallest absolute Gasteiger partial charge is 0.242 e. The summed E-state index contributed by atoms with van der Waals surface area (Å²) in [5, 5.41) is 8.76. The minimum absolute atomic E-state index is 0.0741. The standard InChI is InChI=1S/C11H18N2O3S/c1-9(12)10-4-3-5-11(8-10)17(15,16)13(2)6-7-14/h3-5,8-9,14H,6-7,12H2,1-2H3. The first kappa shape index (κ1) is 14.1. The molecule has 0 spiro atoms. The molecular formula is C11H18N2O3S. The first-order chi connectivity index (χ1) is 7.89. The SMILES string of the molecule is CC(N)c1cccc(S(=O)(=O)N(C)CCO)c1. The number of hydrogen-bond donors (Lipinski definition) is 2. The molecule has 1 aromatic carbocycles. The van der Waals surface area contributed by atoms with Gasteiger partial charge in [-0.05, 0) is 24.6 Å².